The van der Waals surface area contributed by atoms with Crippen molar-refractivity contribution in [1.29, 1.82) is 0 Å². The monoisotopic (exact) mass is 354 g/mol. The lowest BCUT2D eigenvalue weighted by Crippen LogP contribution is -2.33. The number of carbonyl (C=O) groups is 2. The van der Waals surface area contributed by atoms with E-state index in [4.69, 9.17) is 5.11 Å². The predicted molar refractivity (Wildman–Crippen MR) is 87.9 cm³/mol. The molecule has 0 aliphatic heterocycles. The molecule has 132 valence electrons. The molecule has 0 heterocycles. The zero-order chi connectivity index (χ0) is 17.7. The molecule has 1 aromatic carbocycles. The van der Waals surface area contributed by atoms with Crippen LogP contribution in [0.15, 0.2) is 29.2 Å². The van der Waals surface area contributed by atoms with Gasteiger partial charge in [0.25, 0.3) is 0 Å². The van der Waals surface area contributed by atoms with E-state index in [-0.39, 0.29) is 29.2 Å². The smallest absolute Gasteiger partial charge is 0.306 e. The molecule has 1 aliphatic rings. The van der Waals surface area contributed by atoms with Crippen molar-refractivity contribution in [2.75, 3.05) is 7.05 Å². The van der Waals surface area contributed by atoms with E-state index in [1.807, 2.05) is 0 Å². The Morgan fingerprint density at radius 1 is 1.21 bits per heavy atom. The van der Waals surface area contributed by atoms with Gasteiger partial charge in [0.05, 0.1) is 10.8 Å². The predicted octanol–water partition coefficient (Wildman–Crippen LogP) is 0.897. The molecule has 1 aliphatic carbocycles. The van der Waals surface area contributed by atoms with Crippen molar-refractivity contribution in [1.82, 2.24) is 10.0 Å². The number of aliphatic carboxylic acids is 1. The molecule has 1 saturated carbocycles. The number of rotatable bonds is 7. The minimum Gasteiger partial charge on any atom is -0.481 e. The fourth-order valence-electron chi connectivity index (χ4n) is 2.85. The molecule has 8 heteroatoms. The lowest BCUT2D eigenvalue weighted by molar-refractivity contribution is -0.141. The molecule has 7 nitrogen and oxygen atoms in total. The quantitative estimate of drug-likeness (QED) is 0.673. The van der Waals surface area contributed by atoms with Gasteiger partial charge in [-0.3, -0.25) is 9.59 Å². The maximum atomic E-state index is 12.0. The number of nitrogens with one attached hydrogen (secondary N) is 2. The van der Waals surface area contributed by atoms with Crippen LogP contribution in [-0.4, -0.2) is 38.5 Å². The molecule has 1 aromatic rings. The van der Waals surface area contributed by atoms with Gasteiger partial charge < -0.3 is 10.4 Å². The summed E-state index contributed by atoms with van der Waals surface area (Å²) in [6.45, 7) is 0. The molecule has 0 unspecified atom stereocenters. The van der Waals surface area contributed by atoms with Crippen LogP contribution in [0, 0.1) is 5.92 Å². The topological polar surface area (TPSA) is 113 Å². The maximum Gasteiger partial charge on any atom is 0.306 e. The molecule has 24 heavy (non-hydrogen) atoms. The van der Waals surface area contributed by atoms with Gasteiger partial charge in [-0.1, -0.05) is 12.1 Å². The largest absolute Gasteiger partial charge is 0.481 e. The third-order valence-corrected chi connectivity index (χ3v) is 5.72. The Labute approximate surface area is 141 Å². The van der Waals surface area contributed by atoms with Crippen LogP contribution in [0.4, 0.5) is 0 Å². The number of amides is 1. The Bertz CT molecular complexity index is 700. The molecule has 0 bridgehead atoms. The Hall–Kier alpha value is -1.93. The molecule has 1 amide bonds. The van der Waals surface area contributed by atoms with E-state index in [0.29, 0.717) is 25.7 Å². The van der Waals surface area contributed by atoms with E-state index >= 15 is 0 Å². The molecule has 1 fully saturated rings. The highest BCUT2D eigenvalue weighted by Crippen LogP contribution is 2.25. The summed E-state index contributed by atoms with van der Waals surface area (Å²) in [5, 5.41) is 11.8. The van der Waals surface area contributed by atoms with E-state index in [1.165, 1.54) is 19.2 Å². The lowest BCUT2D eigenvalue weighted by atomic mass is 10.1. The number of aryl methyl sites for hydroxylation is 1. The number of carbonyl (C=O) groups excluding carboxylic acids is 1. The summed E-state index contributed by atoms with van der Waals surface area (Å²) in [6, 6.07) is 6.32. The fraction of sp³-hybridized carbons (Fsp3) is 0.500. The van der Waals surface area contributed by atoms with Gasteiger partial charge in [0.15, 0.2) is 0 Å². The van der Waals surface area contributed by atoms with Crippen LogP contribution >= 0.6 is 0 Å². The highest BCUT2D eigenvalue weighted by molar-refractivity contribution is 7.89. The summed E-state index contributed by atoms with van der Waals surface area (Å²) in [4.78, 5) is 23.0. The SMILES string of the molecule is CNS(=O)(=O)c1ccc(CCC(=O)N[C@@H]2CC[C@H](C(=O)O)C2)cc1. The Morgan fingerprint density at radius 3 is 2.42 bits per heavy atom. The minimum absolute atomic E-state index is 0.0678. The van der Waals surface area contributed by atoms with Crippen molar-refractivity contribution in [2.24, 2.45) is 5.92 Å². The molecular weight excluding hydrogens is 332 g/mol. The van der Waals surface area contributed by atoms with Gasteiger partial charge >= 0.3 is 5.97 Å². The van der Waals surface area contributed by atoms with Crippen LogP contribution in [-0.2, 0) is 26.0 Å². The number of hydrogen-bond acceptors (Lipinski definition) is 4. The van der Waals surface area contributed by atoms with Crippen molar-refractivity contribution < 1.29 is 23.1 Å². The second kappa shape index (κ2) is 7.76. The molecule has 0 radical (unpaired) electrons. The van der Waals surface area contributed by atoms with Crippen molar-refractivity contribution in [3.8, 4) is 0 Å². The average Bonchev–Trinajstić information content (AvgIpc) is 3.02. The molecule has 2 rings (SSSR count). The molecule has 0 spiro atoms. The summed E-state index contributed by atoms with van der Waals surface area (Å²) >= 11 is 0. The van der Waals surface area contributed by atoms with Crippen molar-refractivity contribution in [3.63, 3.8) is 0 Å². The summed E-state index contributed by atoms with van der Waals surface area (Å²) in [5.74, 6) is -1.28. The third kappa shape index (κ3) is 4.78. The van der Waals surface area contributed by atoms with Crippen LogP contribution in [0.25, 0.3) is 0 Å². The van der Waals surface area contributed by atoms with Crippen molar-refractivity contribution >= 4 is 21.9 Å². The van der Waals surface area contributed by atoms with Crippen LogP contribution in [0.5, 0.6) is 0 Å². The number of carboxylic acid groups (broad SMARTS) is 1. The van der Waals surface area contributed by atoms with E-state index in [2.05, 4.69) is 10.0 Å². The molecule has 2 atom stereocenters. The molecule has 0 aromatic heterocycles. The van der Waals surface area contributed by atoms with Crippen molar-refractivity contribution in [3.05, 3.63) is 29.8 Å². The van der Waals surface area contributed by atoms with E-state index in [1.54, 1.807) is 12.1 Å². The highest BCUT2D eigenvalue weighted by atomic mass is 32.2. The second-order valence-corrected chi connectivity index (χ2v) is 7.85. The Morgan fingerprint density at radius 2 is 1.88 bits per heavy atom. The molecular formula is C16H22N2O5S. The first-order valence-electron chi connectivity index (χ1n) is 7.86. The first kappa shape index (κ1) is 18.4. The fourth-order valence-corrected chi connectivity index (χ4v) is 3.58. The van der Waals surface area contributed by atoms with Gasteiger partial charge in [0.1, 0.15) is 0 Å². The van der Waals surface area contributed by atoms with Gasteiger partial charge in [0.2, 0.25) is 15.9 Å². The van der Waals surface area contributed by atoms with E-state index in [9.17, 15) is 18.0 Å². The number of hydrogen-bond donors (Lipinski definition) is 3. The summed E-state index contributed by atoms with van der Waals surface area (Å²) in [6.07, 6.45) is 2.56. The zero-order valence-electron chi connectivity index (χ0n) is 13.5. The summed E-state index contributed by atoms with van der Waals surface area (Å²) in [7, 11) is -2.10. The Balaban J connectivity index is 1.81. The maximum absolute atomic E-state index is 12.0. The van der Waals surface area contributed by atoms with Gasteiger partial charge in [-0.15, -0.1) is 0 Å². The first-order chi connectivity index (χ1) is 11.3. The second-order valence-electron chi connectivity index (χ2n) is 5.96. The van der Waals surface area contributed by atoms with Gasteiger partial charge in [0, 0.05) is 12.5 Å². The zero-order valence-corrected chi connectivity index (χ0v) is 14.3. The molecule has 3 N–H and O–H groups in total. The first-order valence-corrected chi connectivity index (χ1v) is 9.35. The van der Waals surface area contributed by atoms with Gasteiger partial charge in [-0.25, -0.2) is 13.1 Å². The number of sulfonamides is 1. The van der Waals surface area contributed by atoms with Crippen LogP contribution < -0.4 is 10.0 Å². The highest BCUT2D eigenvalue weighted by Gasteiger charge is 2.30. The van der Waals surface area contributed by atoms with E-state index in [0.717, 1.165) is 5.56 Å². The van der Waals surface area contributed by atoms with Crippen LogP contribution in [0.2, 0.25) is 0 Å². The van der Waals surface area contributed by atoms with Crippen molar-refractivity contribution in [2.45, 2.75) is 43.0 Å². The van der Waals surface area contributed by atoms with Gasteiger partial charge in [-0.2, -0.15) is 0 Å². The third-order valence-electron chi connectivity index (χ3n) is 4.29. The lowest BCUT2D eigenvalue weighted by Gasteiger charge is -2.12. The van der Waals surface area contributed by atoms with Crippen LogP contribution in [0.1, 0.15) is 31.2 Å². The average molecular weight is 354 g/mol. The normalized spacial score (nSPS) is 20.7. The standard InChI is InChI=1S/C16H22N2O5S/c1-17-24(22,23)14-7-2-11(3-8-14)4-9-15(19)18-13-6-5-12(10-13)16(20)21/h2-3,7-8,12-13,17H,4-6,9-10H2,1H3,(H,18,19)(H,20,21)/t12-,13+/m0/s1. The van der Waals surface area contributed by atoms with E-state index < -0.39 is 16.0 Å². The summed E-state index contributed by atoms with van der Waals surface area (Å²) < 4.78 is 25.5. The number of carboxylic acids is 1. The minimum atomic E-state index is -3.45. The summed E-state index contributed by atoms with van der Waals surface area (Å²) in [5.41, 5.74) is 0.870. The Kier molecular flexibility index (Phi) is 5.95. The number of benzene rings is 1. The van der Waals surface area contributed by atoms with Crippen LogP contribution in [0.3, 0.4) is 0 Å². The molecule has 0 saturated heterocycles. The van der Waals surface area contributed by atoms with Gasteiger partial charge in [-0.05, 0) is 50.4 Å².